The lowest BCUT2D eigenvalue weighted by Crippen LogP contribution is -2.12. The van der Waals surface area contributed by atoms with Gasteiger partial charge in [-0.3, -0.25) is 9.78 Å². The molecule has 0 spiro atoms. The third-order valence-corrected chi connectivity index (χ3v) is 3.97. The highest BCUT2D eigenvalue weighted by Gasteiger charge is 2.09. The molecule has 4 nitrogen and oxygen atoms in total. The van der Waals surface area contributed by atoms with Gasteiger partial charge in [0.15, 0.2) is 0 Å². The molecule has 1 aromatic heterocycles. The first kappa shape index (κ1) is 13.8. The molecule has 104 valence electrons. The number of hydrogen-bond donors (Lipinski definition) is 2. The van der Waals surface area contributed by atoms with Gasteiger partial charge in [0.2, 0.25) is 0 Å². The van der Waals surface area contributed by atoms with Gasteiger partial charge in [0.1, 0.15) is 5.75 Å². The van der Waals surface area contributed by atoms with Crippen molar-refractivity contribution >= 4 is 45.1 Å². The Labute approximate surface area is 135 Å². The van der Waals surface area contributed by atoms with E-state index in [0.29, 0.717) is 14.8 Å². The highest BCUT2D eigenvalue weighted by molar-refractivity contribution is 14.1. The molecule has 0 unspecified atom stereocenters. The van der Waals surface area contributed by atoms with E-state index in [4.69, 9.17) is 0 Å². The average Bonchev–Trinajstić information content (AvgIpc) is 2.50. The molecule has 0 atom stereocenters. The van der Waals surface area contributed by atoms with Crippen LogP contribution in [0, 0.1) is 3.57 Å². The first-order valence-corrected chi connectivity index (χ1v) is 7.36. The number of carbonyl (C=O) groups is 1. The van der Waals surface area contributed by atoms with E-state index in [1.54, 1.807) is 18.3 Å². The van der Waals surface area contributed by atoms with E-state index in [1.807, 2.05) is 52.9 Å². The van der Waals surface area contributed by atoms with Crippen LogP contribution in [0.25, 0.3) is 10.9 Å². The number of hydrogen-bond acceptors (Lipinski definition) is 3. The highest BCUT2D eigenvalue weighted by atomic mass is 127. The summed E-state index contributed by atoms with van der Waals surface area (Å²) in [7, 11) is 0. The van der Waals surface area contributed by atoms with Crippen LogP contribution in [0.15, 0.2) is 54.7 Å². The Morgan fingerprint density at radius 2 is 1.95 bits per heavy atom. The molecule has 0 saturated heterocycles. The Hall–Kier alpha value is -2.15. The lowest BCUT2D eigenvalue weighted by molar-refractivity contribution is 0.102. The Morgan fingerprint density at radius 1 is 1.14 bits per heavy atom. The van der Waals surface area contributed by atoms with Crippen LogP contribution in [0.5, 0.6) is 5.75 Å². The molecular weight excluding hydrogens is 379 g/mol. The van der Waals surface area contributed by atoms with E-state index in [0.717, 1.165) is 10.9 Å². The molecule has 0 radical (unpaired) electrons. The van der Waals surface area contributed by atoms with Crippen LogP contribution < -0.4 is 5.32 Å². The van der Waals surface area contributed by atoms with Crippen LogP contribution in [0.4, 0.5) is 5.69 Å². The summed E-state index contributed by atoms with van der Waals surface area (Å²) in [5, 5.41) is 13.4. The summed E-state index contributed by atoms with van der Waals surface area (Å²) in [6.45, 7) is 0. The molecular formula is C16H11IN2O2. The molecule has 3 aromatic rings. The van der Waals surface area contributed by atoms with Gasteiger partial charge in [0.25, 0.3) is 5.91 Å². The average molecular weight is 390 g/mol. The number of nitrogens with zero attached hydrogens (tertiary/aromatic N) is 1. The van der Waals surface area contributed by atoms with E-state index < -0.39 is 0 Å². The molecule has 3 rings (SSSR count). The van der Waals surface area contributed by atoms with Gasteiger partial charge in [-0.15, -0.1) is 0 Å². The number of rotatable bonds is 2. The third-order valence-electron chi connectivity index (χ3n) is 3.06. The van der Waals surface area contributed by atoms with Gasteiger partial charge < -0.3 is 10.4 Å². The van der Waals surface area contributed by atoms with Crippen molar-refractivity contribution in [3.05, 3.63) is 63.9 Å². The summed E-state index contributed by atoms with van der Waals surface area (Å²) < 4.78 is 0.705. The SMILES string of the molecule is O=C(Nc1cnc2ccccc2c1)c1ccc(I)c(O)c1. The monoisotopic (exact) mass is 390 g/mol. The summed E-state index contributed by atoms with van der Waals surface area (Å²) in [6.07, 6.45) is 1.62. The molecule has 0 saturated carbocycles. The van der Waals surface area contributed by atoms with Gasteiger partial charge in [-0.25, -0.2) is 0 Å². The largest absolute Gasteiger partial charge is 0.507 e. The minimum Gasteiger partial charge on any atom is -0.507 e. The molecule has 0 fully saturated rings. The summed E-state index contributed by atoms with van der Waals surface area (Å²) in [5.74, 6) is -0.182. The van der Waals surface area contributed by atoms with Crippen LogP contribution in [0.1, 0.15) is 10.4 Å². The fraction of sp³-hybridized carbons (Fsp3) is 0. The molecule has 2 aromatic carbocycles. The number of halogens is 1. The molecule has 0 aliphatic carbocycles. The van der Waals surface area contributed by atoms with Gasteiger partial charge in [0, 0.05) is 10.9 Å². The van der Waals surface area contributed by atoms with E-state index >= 15 is 0 Å². The van der Waals surface area contributed by atoms with Gasteiger partial charge in [0.05, 0.1) is 21.0 Å². The van der Waals surface area contributed by atoms with Crippen molar-refractivity contribution in [1.82, 2.24) is 4.98 Å². The van der Waals surface area contributed by atoms with E-state index in [1.165, 1.54) is 6.07 Å². The van der Waals surface area contributed by atoms with Crippen LogP contribution in [0.3, 0.4) is 0 Å². The van der Waals surface area contributed by atoms with Crippen molar-refractivity contribution in [2.75, 3.05) is 5.32 Å². The summed E-state index contributed by atoms with van der Waals surface area (Å²) >= 11 is 2.01. The third kappa shape index (κ3) is 2.97. The Bertz CT molecular complexity index is 833. The Morgan fingerprint density at radius 3 is 2.76 bits per heavy atom. The van der Waals surface area contributed by atoms with Crippen molar-refractivity contribution in [2.24, 2.45) is 0 Å². The maximum atomic E-state index is 12.2. The molecule has 0 bridgehead atoms. The molecule has 1 amide bonds. The number of para-hydroxylation sites is 1. The fourth-order valence-electron chi connectivity index (χ4n) is 2.00. The molecule has 1 heterocycles. The first-order chi connectivity index (χ1) is 10.1. The van der Waals surface area contributed by atoms with Crippen LogP contribution in [-0.4, -0.2) is 16.0 Å². The van der Waals surface area contributed by atoms with Crippen molar-refractivity contribution in [3.8, 4) is 5.75 Å². The zero-order valence-corrected chi connectivity index (χ0v) is 13.0. The van der Waals surface area contributed by atoms with Gasteiger partial charge >= 0.3 is 0 Å². The number of phenolic OH excluding ortho intramolecular Hbond substituents is 1. The smallest absolute Gasteiger partial charge is 0.255 e. The second-order valence-corrected chi connectivity index (χ2v) is 5.70. The second kappa shape index (κ2) is 5.69. The highest BCUT2D eigenvalue weighted by Crippen LogP contribution is 2.22. The fourth-order valence-corrected chi connectivity index (χ4v) is 2.33. The van der Waals surface area contributed by atoms with E-state index in [2.05, 4.69) is 10.3 Å². The first-order valence-electron chi connectivity index (χ1n) is 6.28. The van der Waals surface area contributed by atoms with Gasteiger partial charge in [-0.1, -0.05) is 18.2 Å². The van der Waals surface area contributed by atoms with Crippen molar-refractivity contribution in [3.63, 3.8) is 0 Å². The number of aromatic nitrogens is 1. The molecule has 5 heteroatoms. The van der Waals surface area contributed by atoms with Crippen LogP contribution in [0.2, 0.25) is 0 Å². The molecule has 2 N–H and O–H groups in total. The van der Waals surface area contributed by atoms with Crippen LogP contribution >= 0.6 is 22.6 Å². The predicted molar refractivity (Wildman–Crippen MR) is 90.5 cm³/mol. The van der Waals surface area contributed by atoms with Crippen molar-refractivity contribution in [1.29, 1.82) is 0 Å². The molecule has 21 heavy (non-hydrogen) atoms. The normalized spacial score (nSPS) is 10.5. The summed E-state index contributed by atoms with van der Waals surface area (Å²) in [6, 6.07) is 14.4. The van der Waals surface area contributed by atoms with Gasteiger partial charge in [-0.05, 0) is 52.9 Å². The number of carbonyl (C=O) groups excluding carboxylic acids is 1. The minimum absolute atomic E-state index is 0.0971. The molecule has 0 aliphatic heterocycles. The number of amides is 1. The number of nitrogens with one attached hydrogen (secondary N) is 1. The maximum Gasteiger partial charge on any atom is 0.255 e. The zero-order chi connectivity index (χ0) is 14.8. The summed E-state index contributed by atoms with van der Waals surface area (Å²) in [4.78, 5) is 16.5. The number of anilines is 1. The lowest BCUT2D eigenvalue weighted by Gasteiger charge is -2.07. The predicted octanol–water partition coefficient (Wildman–Crippen LogP) is 3.80. The standard InChI is InChI=1S/C16H11IN2O2/c17-13-6-5-11(8-15(13)20)16(21)19-12-7-10-3-1-2-4-14(10)18-9-12/h1-9,20H,(H,19,21). The van der Waals surface area contributed by atoms with E-state index in [9.17, 15) is 9.90 Å². The van der Waals surface area contributed by atoms with Crippen LogP contribution in [-0.2, 0) is 0 Å². The van der Waals surface area contributed by atoms with Crippen molar-refractivity contribution in [2.45, 2.75) is 0 Å². The number of benzene rings is 2. The number of aromatic hydroxyl groups is 1. The number of phenols is 1. The quantitative estimate of drug-likeness (QED) is 0.655. The zero-order valence-electron chi connectivity index (χ0n) is 10.9. The minimum atomic E-state index is -0.279. The Balaban J connectivity index is 1.87. The van der Waals surface area contributed by atoms with Gasteiger partial charge in [-0.2, -0.15) is 0 Å². The topological polar surface area (TPSA) is 62.2 Å². The maximum absolute atomic E-state index is 12.2. The summed E-state index contributed by atoms with van der Waals surface area (Å²) in [5.41, 5.74) is 1.90. The second-order valence-electron chi connectivity index (χ2n) is 4.54. The number of pyridine rings is 1. The lowest BCUT2D eigenvalue weighted by atomic mass is 10.2. The van der Waals surface area contributed by atoms with Crippen molar-refractivity contribution < 1.29 is 9.90 Å². The van der Waals surface area contributed by atoms with E-state index in [-0.39, 0.29) is 11.7 Å². The molecule has 0 aliphatic rings. The number of fused-ring (bicyclic) bond motifs is 1. The Kier molecular flexibility index (Phi) is 3.74.